The fraction of sp³-hybridized carbons (Fsp3) is 0.235. The van der Waals surface area contributed by atoms with Gasteiger partial charge in [-0.3, -0.25) is 4.79 Å². The molecule has 0 aromatic heterocycles. The van der Waals surface area contributed by atoms with Crippen molar-refractivity contribution in [2.45, 2.75) is 12.8 Å². The largest absolute Gasteiger partial charge is 0.495 e. The molecule has 0 heterocycles. The lowest BCUT2D eigenvalue weighted by atomic mass is 10.0. The molecule has 0 saturated carbocycles. The van der Waals surface area contributed by atoms with Crippen LogP contribution in [0.4, 0.5) is 0 Å². The maximum atomic E-state index is 12.1. The smallest absolute Gasteiger partial charge is 0.163 e. The normalized spacial score (nSPS) is 10.2. The molecule has 0 unspecified atom stereocenters. The van der Waals surface area contributed by atoms with E-state index in [9.17, 15) is 4.79 Å². The Morgan fingerprint density at radius 3 is 2.38 bits per heavy atom. The summed E-state index contributed by atoms with van der Waals surface area (Å²) >= 11 is 3.47. The van der Waals surface area contributed by atoms with Gasteiger partial charge < -0.3 is 9.47 Å². The number of rotatable bonds is 6. The number of hydrogen-bond donors (Lipinski definition) is 0. The highest BCUT2D eigenvalue weighted by atomic mass is 79.9. The number of carbonyl (C=O) groups is 1. The summed E-state index contributed by atoms with van der Waals surface area (Å²) in [5.74, 6) is 1.56. The Morgan fingerprint density at radius 2 is 1.76 bits per heavy atom. The van der Waals surface area contributed by atoms with Crippen molar-refractivity contribution >= 4 is 21.7 Å². The molecule has 0 spiro atoms. The number of benzene rings is 2. The third-order valence-corrected chi connectivity index (χ3v) is 4.04. The highest BCUT2D eigenvalue weighted by Crippen LogP contribution is 2.37. The number of carbonyl (C=O) groups excluding carboxylic acids is 1. The molecule has 21 heavy (non-hydrogen) atoms. The average molecular weight is 349 g/mol. The lowest BCUT2D eigenvalue weighted by Gasteiger charge is -2.13. The van der Waals surface area contributed by atoms with Gasteiger partial charge in [-0.25, -0.2) is 0 Å². The maximum Gasteiger partial charge on any atom is 0.163 e. The fourth-order valence-electron chi connectivity index (χ4n) is 2.17. The molecule has 0 fully saturated rings. The number of halogens is 1. The molecule has 2 rings (SSSR count). The first-order valence-electron chi connectivity index (χ1n) is 6.65. The molecule has 0 bridgehead atoms. The molecule has 0 aliphatic rings. The van der Waals surface area contributed by atoms with E-state index >= 15 is 0 Å². The molecule has 110 valence electrons. The van der Waals surface area contributed by atoms with Gasteiger partial charge in [-0.05, 0) is 34.0 Å². The Labute approximate surface area is 133 Å². The molecule has 0 N–H and O–H groups in total. The zero-order valence-corrected chi connectivity index (χ0v) is 13.6. The van der Waals surface area contributed by atoms with Crippen LogP contribution in [0.5, 0.6) is 11.5 Å². The van der Waals surface area contributed by atoms with Crippen molar-refractivity contribution < 1.29 is 14.3 Å². The minimum atomic E-state index is 0.129. The van der Waals surface area contributed by atoms with E-state index in [0.717, 1.165) is 21.3 Å². The highest BCUT2D eigenvalue weighted by molar-refractivity contribution is 9.10. The van der Waals surface area contributed by atoms with Crippen LogP contribution in [0.3, 0.4) is 0 Å². The van der Waals surface area contributed by atoms with Gasteiger partial charge in [0.05, 0.1) is 14.2 Å². The van der Waals surface area contributed by atoms with Crippen LogP contribution in [0.1, 0.15) is 22.3 Å². The van der Waals surface area contributed by atoms with Crippen LogP contribution in [0.2, 0.25) is 0 Å². The van der Waals surface area contributed by atoms with Crippen LogP contribution in [0, 0.1) is 0 Å². The Hall–Kier alpha value is -1.81. The molecule has 2 aromatic rings. The lowest BCUT2D eigenvalue weighted by Crippen LogP contribution is -2.02. The van der Waals surface area contributed by atoms with Gasteiger partial charge in [-0.1, -0.05) is 36.4 Å². The average Bonchev–Trinajstić information content (AvgIpc) is 2.53. The fourth-order valence-corrected chi connectivity index (χ4v) is 2.88. The first kappa shape index (κ1) is 15.6. The SMILES string of the molecule is COc1ccc(CCC(=O)c2ccccc2)c(OC)c1Br. The summed E-state index contributed by atoms with van der Waals surface area (Å²) < 4.78 is 11.4. The van der Waals surface area contributed by atoms with Crippen LogP contribution in [-0.2, 0) is 6.42 Å². The van der Waals surface area contributed by atoms with E-state index in [4.69, 9.17) is 9.47 Å². The van der Waals surface area contributed by atoms with Gasteiger partial charge >= 0.3 is 0 Å². The number of aryl methyl sites for hydroxylation is 1. The van der Waals surface area contributed by atoms with Crippen LogP contribution in [0.25, 0.3) is 0 Å². The molecule has 0 aliphatic carbocycles. The molecule has 3 nitrogen and oxygen atoms in total. The van der Waals surface area contributed by atoms with E-state index in [1.54, 1.807) is 14.2 Å². The van der Waals surface area contributed by atoms with Gasteiger partial charge in [0.15, 0.2) is 5.78 Å². The molecule has 0 atom stereocenters. The van der Waals surface area contributed by atoms with Crippen molar-refractivity contribution in [1.29, 1.82) is 0 Å². The number of ether oxygens (including phenoxy) is 2. The quantitative estimate of drug-likeness (QED) is 0.730. The minimum absolute atomic E-state index is 0.129. The molecular weight excluding hydrogens is 332 g/mol. The summed E-state index contributed by atoms with van der Waals surface area (Å²) in [6, 6.07) is 13.1. The second-order valence-corrected chi connectivity index (χ2v) is 5.36. The van der Waals surface area contributed by atoms with Crippen molar-refractivity contribution in [3.8, 4) is 11.5 Å². The van der Waals surface area contributed by atoms with Crippen molar-refractivity contribution in [3.05, 3.63) is 58.1 Å². The Morgan fingerprint density at radius 1 is 1.05 bits per heavy atom. The monoisotopic (exact) mass is 348 g/mol. The van der Waals surface area contributed by atoms with Gasteiger partial charge in [-0.15, -0.1) is 0 Å². The molecule has 0 saturated heterocycles. The summed E-state index contributed by atoms with van der Waals surface area (Å²) in [4.78, 5) is 12.1. The first-order chi connectivity index (χ1) is 10.2. The number of Topliss-reactive ketones (excluding diaryl/α,β-unsaturated/α-hetero) is 1. The summed E-state index contributed by atoms with van der Waals surface area (Å²) in [6.07, 6.45) is 1.07. The Balaban J connectivity index is 2.13. The highest BCUT2D eigenvalue weighted by Gasteiger charge is 2.14. The Bertz CT molecular complexity index is 623. The van der Waals surface area contributed by atoms with Gasteiger partial charge in [0.1, 0.15) is 16.0 Å². The molecule has 0 aliphatic heterocycles. The zero-order chi connectivity index (χ0) is 15.2. The standard InChI is InChI=1S/C17H17BrO3/c1-20-15-11-9-13(17(21-2)16(15)18)8-10-14(19)12-6-4-3-5-7-12/h3-7,9,11H,8,10H2,1-2H3. The molecule has 2 aromatic carbocycles. The third kappa shape index (κ3) is 3.64. The van der Waals surface area contributed by atoms with E-state index in [1.807, 2.05) is 42.5 Å². The predicted octanol–water partition coefficient (Wildman–Crippen LogP) is 4.28. The lowest BCUT2D eigenvalue weighted by molar-refractivity contribution is 0.0982. The van der Waals surface area contributed by atoms with Crippen molar-refractivity contribution in [2.75, 3.05) is 14.2 Å². The predicted molar refractivity (Wildman–Crippen MR) is 86.3 cm³/mol. The van der Waals surface area contributed by atoms with Crippen LogP contribution < -0.4 is 9.47 Å². The third-order valence-electron chi connectivity index (χ3n) is 3.28. The van der Waals surface area contributed by atoms with Gasteiger partial charge in [0.25, 0.3) is 0 Å². The molecule has 0 radical (unpaired) electrons. The van der Waals surface area contributed by atoms with Crippen molar-refractivity contribution in [1.82, 2.24) is 0 Å². The first-order valence-corrected chi connectivity index (χ1v) is 7.44. The minimum Gasteiger partial charge on any atom is -0.495 e. The second kappa shape index (κ2) is 7.27. The van der Waals surface area contributed by atoms with E-state index in [1.165, 1.54) is 0 Å². The van der Waals surface area contributed by atoms with Crippen LogP contribution >= 0.6 is 15.9 Å². The second-order valence-electron chi connectivity index (χ2n) is 4.56. The van der Waals surface area contributed by atoms with Crippen molar-refractivity contribution in [2.24, 2.45) is 0 Å². The molecule has 4 heteroatoms. The summed E-state index contributed by atoms with van der Waals surface area (Å²) in [6.45, 7) is 0. The van der Waals surface area contributed by atoms with E-state index in [0.29, 0.717) is 18.6 Å². The topological polar surface area (TPSA) is 35.5 Å². The van der Waals surface area contributed by atoms with Crippen LogP contribution in [0.15, 0.2) is 46.9 Å². The number of methoxy groups -OCH3 is 2. The number of ketones is 1. The van der Waals surface area contributed by atoms with E-state index in [2.05, 4.69) is 15.9 Å². The van der Waals surface area contributed by atoms with Gasteiger partial charge in [-0.2, -0.15) is 0 Å². The van der Waals surface area contributed by atoms with E-state index < -0.39 is 0 Å². The summed E-state index contributed by atoms with van der Waals surface area (Å²) in [5.41, 5.74) is 1.72. The molecular formula is C17H17BrO3. The zero-order valence-electron chi connectivity index (χ0n) is 12.1. The van der Waals surface area contributed by atoms with Gasteiger partial charge in [0, 0.05) is 12.0 Å². The van der Waals surface area contributed by atoms with Gasteiger partial charge in [0.2, 0.25) is 0 Å². The maximum absolute atomic E-state index is 12.1. The van der Waals surface area contributed by atoms with Crippen molar-refractivity contribution in [3.63, 3.8) is 0 Å². The van der Waals surface area contributed by atoms with Crippen LogP contribution in [-0.4, -0.2) is 20.0 Å². The molecule has 0 amide bonds. The van der Waals surface area contributed by atoms with E-state index in [-0.39, 0.29) is 5.78 Å². The Kier molecular flexibility index (Phi) is 5.39. The summed E-state index contributed by atoms with van der Waals surface area (Å²) in [5, 5.41) is 0. The summed E-state index contributed by atoms with van der Waals surface area (Å²) in [7, 11) is 3.22. The number of hydrogen-bond acceptors (Lipinski definition) is 3.